The van der Waals surface area contributed by atoms with Crippen LogP contribution in [0.2, 0.25) is 0 Å². The van der Waals surface area contributed by atoms with Gasteiger partial charge in [0.2, 0.25) is 5.95 Å². The van der Waals surface area contributed by atoms with Crippen molar-refractivity contribution in [3.05, 3.63) is 11.4 Å². The summed E-state index contributed by atoms with van der Waals surface area (Å²) in [6.07, 6.45) is 1.30. The van der Waals surface area contributed by atoms with Crippen LogP contribution in [-0.2, 0) is 0 Å². The molecule has 0 aromatic carbocycles. The summed E-state index contributed by atoms with van der Waals surface area (Å²) < 4.78 is 0. The Balaban J connectivity index is 2.05. The van der Waals surface area contributed by atoms with Crippen LogP contribution in [-0.4, -0.2) is 23.1 Å². The van der Waals surface area contributed by atoms with Gasteiger partial charge in [0.05, 0.1) is 5.39 Å². The Morgan fingerprint density at radius 3 is 2.72 bits per heavy atom. The lowest BCUT2D eigenvalue weighted by atomic mass is 9.92. The minimum absolute atomic E-state index is 0.380. The molecule has 1 aliphatic heterocycles. The van der Waals surface area contributed by atoms with E-state index in [4.69, 9.17) is 5.73 Å². The van der Waals surface area contributed by atoms with Gasteiger partial charge in [-0.3, -0.25) is 0 Å². The smallest absolute Gasteiger partial charge is 0.223 e. The normalized spacial score (nSPS) is 24.7. The Bertz CT molecular complexity index is 555. The van der Waals surface area contributed by atoms with E-state index in [2.05, 4.69) is 40.2 Å². The first-order valence-corrected chi connectivity index (χ1v) is 7.27. The predicted molar refractivity (Wildman–Crippen MR) is 77.0 cm³/mol. The van der Waals surface area contributed by atoms with E-state index in [1.165, 1.54) is 6.42 Å². The lowest BCUT2D eigenvalue weighted by Gasteiger charge is -2.36. The maximum absolute atomic E-state index is 5.82. The quantitative estimate of drug-likeness (QED) is 0.858. The number of nitrogens with two attached hydrogens (primary N) is 1. The first-order chi connectivity index (χ1) is 8.63. The lowest BCUT2D eigenvalue weighted by molar-refractivity contribution is 0.356. The Morgan fingerprint density at radius 1 is 1.28 bits per heavy atom. The van der Waals surface area contributed by atoms with Gasteiger partial charge in [-0.2, -0.15) is 4.98 Å². The minimum atomic E-state index is 0.380. The summed E-state index contributed by atoms with van der Waals surface area (Å²) in [5.74, 6) is 2.81. The van der Waals surface area contributed by atoms with Crippen LogP contribution < -0.4 is 10.6 Å². The molecule has 0 spiro atoms. The molecular formula is C13H18N4S. The highest BCUT2D eigenvalue weighted by Crippen LogP contribution is 2.32. The third kappa shape index (κ3) is 2.03. The van der Waals surface area contributed by atoms with E-state index in [-0.39, 0.29) is 0 Å². The maximum atomic E-state index is 5.82. The number of fused-ring (bicyclic) bond motifs is 1. The molecule has 0 saturated carbocycles. The second-order valence-corrected chi connectivity index (χ2v) is 6.29. The Morgan fingerprint density at radius 2 is 2.00 bits per heavy atom. The first kappa shape index (κ1) is 11.7. The van der Waals surface area contributed by atoms with Crippen molar-refractivity contribution in [3.8, 4) is 0 Å². The molecule has 5 heteroatoms. The summed E-state index contributed by atoms with van der Waals surface area (Å²) in [5.41, 5.74) is 5.82. The number of anilines is 2. The molecule has 0 aliphatic carbocycles. The van der Waals surface area contributed by atoms with Gasteiger partial charge in [0.25, 0.3) is 0 Å². The van der Waals surface area contributed by atoms with Gasteiger partial charge in [-0.15, -0.1) is 11.3 Å². The standard InChI is InChI=1S/C13H18N4S/c1-8-5-9(2)7-17(6-8)11-10-3-4-18-12(10)16-13(14)15-11/h3-4,8-9H,5-7H2,1-2H3,(H2,14,15,16). The fourth-order valence-corrected chi connectivity index (χ4v) is 3.70. The highest BCUT2D eigenvalue weighted by Gasteiger charge is 2.24. The molecule has 4 nitrogen and oxygen atoms in total. The molecule has 1 fully saturated rings. The topological polar surface area (TPSA) is 55.0 Å². The zero-order chi connectivity index (χ0) is 12.7. The van der Waals surface area contributed by atoms with Gasteiger partial charge in [-0.25, -0.2) is 4.98 Å². The Hall–Kier alpha value is -1.36. The van der Waals surface area contributed by atoms with E-state index < -0.39 is 0 Å². The number of thiophene rings is 1. The van der Waals surface area contributed by atoms with Crippen LogP contribution in [0.1, 0.15) is 20.3 Å². The fraction of sp³-hybridized carbons (Fsp3) is 0.538. The van der Waals surface area contributed by atoms with Crippen molar-refractivity contribution in [2.24, 2.45) is 11.8 Å². The maximum Gasteiger partial charge on any atom is 0.223 e. The van der Waals surface area contributed by atoms with Gasteiger partial charge >= 0.3 is 0 Å². The highest BCUT2D eigenvalue weighted by atomic mass is 32.1. The summed E-state index contributed by atoms with van der Waals surface area (Å²) in [7, 11) is 0. The van der Waals surface area contributed by atoms with Gasteiger partial charge < -0.3 is 10.6 Å². The molecule has 3 heterocycles. The first-order valence-electron chi connectivity index (χ1n) is 6.39. The van der Waals surface area contributed by atoms with Crippen molar-refractivity contribution >= 4 is 33.3 Å². The number of hydrogen-bond acceptors (Lipinski definition) is 5. The van der Waals surface area contributed by atoms with Crippen molar-refractivity contribution < 1.29 is 0 Å². The molecule has 96 valence electrons. The Labute approximate surface area is 111 Å². The number of aromatic nitrogens is 2. The second kappa shape index (κ2) is 4.39. The molecule has 0 amide bonds. The summed E-state index contributed by atoms with van der Waals surface area (Å²) in [5, 5.41) is 3.19. The predicted octanol–water partition coefficient (Wildman–Crippen LogP) is 2.76. The van der Waals surface area contributed by atoms with Crippen molar-refractivity contribution in [3.63, 3.8) is 0 Å². The highest BCUT2D eigenvalue weighted by molar-refractivity contribution is 7.16. The SMILES string of the molecule is CC1CC(C)CN(c2nc(N)nc3sccc23)C1. The van der Waals surface area contributed by atoms with Gasteiger partial charge in [0.15, 0.2) is 0 Å². The lowest BCUT2D eigenvalue weighted by Crippen LogP contribution is -2.39. The van der Waals surface area contributed by atoms with E-state index in [1.54, 1.807) is 11.3 Å². The molecule has 3 rings (SSSR count). The van der Waals surface area contributed by atoms with Gasteiger partial charge in [-0.05, 0) is 29.7 Å². The number of nitrogens with zero attached hydrogens (tertiary/aromatic N) is 3. The minimum Gasteiger partial charge on any atom is -0.368 e. The zero-order valence-corrected chi connectivity index (χ0v) is 11.6. The molecule has 1 aliphatic rings. The summed E-state index contributed by atoms with van der Waals surface area (Å²) >= 11 is 1.62. The molecule has 18 heavy (non-hydrogen) atoms. The van der Waals surface area contributed by atoms with Crippen LogP contribution in [0.3, 0.4) is 0 Å². The number of nitrogen functional groups attached to an aromatic ring is 1. The van der Waals surface area contributed by atoms with Crippen molar-refractivity contribution in [1.29, 1.82) is 0 Å². The van der Waals surface area contributed by atoms with E-state index in [1.807, 2.05) is 0 Å². The van der Waals surface area contributed by atoms with E-state index in [0.29, 0.717) is 17.8 Å². The third-order valence-electron chi connectivity index (χ3n) is 3.49. The summed E-state index contributed by atoms with van der Waals surface area (Å²) in [6, 6.07) is 2.10. The molecular weight excluding hydrogens is 244 g/mol. The zero-order valence-electron chi connectivity index (χ0n) is 10.8. The van der Waals surface area contributed by atoms with Crippen molar-refractivity contribution in [1.82, 2.24) is 9.97 Å². The van der Waals surface area contributed by atoms with E-state index in [9.17, 15) is 0 Å². The molecule has 2 aromatic rings. The van der Waals surface area contributed by atoms with Crippen LogP contribution in [0.25, 0.3) is 10.2 Å². The molecule has 0 radical (unpaired) electrons. The van der Waals surface area contributed by atoms with Gasteiger partial charge in [0.1, 0.15) is 10.6 Å². The van der Waals surface area contributed by atoms with Gasteiger partial charge in [0, 0.05) is 13.1 Å². The third-order valence-corrected chi connectivity index (χ3v) is 4.30. The fourth-order valence-electron chi connectivity index (χ4n) is 2.93. The molecule has 2 unspecified atom stereocenters. The van der Waals surface area contributed by atoms with Crippen molar-refractivity contribution in [2.45, 2.75) is 20.3 Å². The summed E-state index contributed by atoms with van der Waals surface area (Å²) in [6.45, 7) is 6.73. The van der Waals surface area contributed by atoms with Crippen LogP contribution in [0.15, 0.2) is 11.4 Å². The number of hydrogen-bond donors (Lipinski definition) is 1. The van der Waals surface area contributed by atoms with E-state index in [0.717, 1.165) is 29.1 Å². The van der Waals surface area contributed by atoms with Crippen LogP contribution in [0.5, 0.6) is 0 Å². The molecule has 2 aromatic heterocycles. The Kier molecular flexibility index (Phi) is 2.86. The molecule has 2 atom stereocenters. The average molecular weight is 262 g/mol. The van der Waals surface area contributed by atoms with Crippen LogP contribution in [0.4, 0.5) is 11.8 Å². The average Bonchev–Trinajstić information content (AvgIpc) is 2.74. The molecule has 1 saturated heterocycles. The number of piperidine rings is 1. The van der Waals surface area contributed by atoms with Gasteiger partial charge in [-0.1, -0.05) is 13.8 Å². The second-order valence-electron chi connectivity index (χ2n) is 5.40. The molecule has 2 N–H and O–H groups in total. The number of rotatable bonds is 1. The monoisotopic (exact) mass is 262 g/mol. The molecule has 0 bridgehead atoms. The van der Waals surface area contributed by atoms with Crippen LogP contribution >= 0.6 is 11.3 Å². The van der Waals surface area contributed by atoms with Crippen LogP contribution in [0, 0.1) is 11.8 Å². The summed E-state index contributed by atoms with van der Waals surface area (Å²) in [4.78, 5) is 12.1. The van der Waals surface area contributed by atoms with E-state index >= 15 is 0 Å². The largest absolute Gasteiger partial charge is 0.368 e. The van der Waals surface area contributed by atoms with Crippen molar-refractivity contribution in [2.75, 3.05) is 23.7 Å².